The molecule has 1 saturated heterocycles. The first-order valence-corrected chi connectivity index (χ1v) is 10.6. The molecule has 3 heterocycles. The summed E-state index contributed by atoms with van der Waals surface area (Å²) >= 11 is 6.52. The van der Waals surface area contributed by atoms with E-state index in [1.165, 1.54) is 4.90 Å². The SMILES string of the molecule is Nc1nc(-n2cc(C(=O)O)c(=O)c3cc(F)c(N4CCC/C(=C(\F)CO)C4)c(Cl)c32)c(F)cc1F. The maximum absolute atomic E-state index is 15.3. The number of nitrogens with zero attached hydrogens (tertiary/aromatic N) is 3. The van der Waals surface area contributed by atoms with Gasteiger partial charge in [0.15, 0.2) is 23.3 Å². The molecule has 0 unspecified atom stereocenters. The number of halogens is 5. The molecule has 3 aromatic rings. The molecule has 35 heavy (non-hydrogen) atoms. The molecular formula is C22H17ClF4N4O4. The van der Waals surface area contributed by atoms with Crippen molar-refractivity contribution in [3.05, 3.63) is 68.0 Å². The number of piperidine rings is 1. The Morgan fingerprint density at radius 1 is 1.20 bits per heavy atom. The predicted molar refractivity (Wildman–Crippen MR) is 120 cm³/mol. The van der Waals surface area contributed by atoms with Gasteiger partial charge in [-0.05, 0) is 24.5 Å². The number of carbonyl (C=O) groups is 1. The lowest BCUT2D eigenvalue weighted by Crippen LogP contribution is -2.33. The van der Waals surface area contributed by atoms with Crippen LogP contribution >= 0.6 is 11.6 Å². The topological polar surface area (TPSA) is 122 Å². The lowest BCUT2D eigenvalue weighted by atomic mass is 10.0. The molecule has 1 aromatic carbocycles. The summed E-state index contributed by atoms with van der Waals surface area (Å²) in [5.74, 6) is -7.28. The zero-order valence-corrected chi connectivity index (χ0v) is 18.5. The number of anilines is 2. The second-order valence-corrected chi connectivity index (χ2v) is 8.19. The van der Waals surface area contributed by atoms with Gasteiger partial charge in [0, 0.05) is 25.4 Å². The number of nitrogen functional groups attached to an aromatic ring is 1. The molecule has 0 radical (unpaired) electrons. The molecule has 13 heteroatoms. The molecule has 0 spiro atoms. The van der Waals surface area contributed by atoms with Gasteiger partial charge in [0.1, 0.15) is 17.2 Å². The van der Waals surface area contributed by atoms with E-state index in [-0.39, 0.29) is 29.9 Å². The predicted octanol–water partition coefficient (Wildman–Crippen LogP) is 3.55. The number of carboxylic acids is 1. The van der Waals surface area contributed by atoms with Gasteiger partial charge < -0.3 is 20.8 Å². The summed E-state index contributed by atoms with van der Waals surface area (Å²) in [6.07, 6.45) is 1.45. The molecule has 8 nitrogen and oxygen atoms in total. The van der Waals surface area contributed by atoms with Crippen molar-refractivity contribution >= 4 is 40.0 Å². The first-order valence-electron chi connectivity index (χ1n) is 10.2. The van der Waals surface area contributed by atoms with E-state index in [9.17, 15) is 27.9 Å². The van der Waals surface area contributed by atoms with Crippen molar-refractivity contribution in [1.82, 2.24) is 9.55 Å². The highest BCUT2D eigenvalue weighted by molar-refractivity contribution is 6.38. The van der Waals surface area contributed by atoms with Gasteiger partial charge in [-0.2, -0.15) is 0 Å². The van der Waals surface area contributed by atoms with Crippen molar-refractivity contribution in [3.8, 4) is 5.82 Å². The third-order valence-corrected chi connectivity index (χ3v) is 6.04. The van der Waals surface area contributed by atoms with Gasteiger partial charge in [-0.1, -0.05) is 11.6 Å². The van der Waals surface area contributed by atoms with Crippen LogP contribution in [0.4, 0.5) is 29.1 Å². The molecule has 1 fully saturated rings. The van der Waals surface area contributed by atoms with Gasteiger partial charge in [-0.3, -0.25) is 9.36 Å². The van der Waals surface area contributed by atoms with E-state index in [1.807, 2.05) is 0 Å². The lowest BCUT2D eigenvalue weighted by Gasteiger charge is -2.32. The Kier molecular flexibility index (Phi) is 6.43. The van der Waals surface area contributed by atoms with Gasteiger partial charge in [0.2, 0.25) is 5.43 Å². The summed E-state index contributed by atoms with van der Waals surface area (Å²) in [4.78, 5) is 29.5. The fraction of sp³-hybridized carbons (Fsp3) is 0.227. The van der Waals surface area contributed by atoms with Crippen LogP contribution in [0.25, 0.3) is 16.7 Å². The minimum absolute atomic E-state index is 0.123. The number of aromatic carboxylic acids is 1. The maximum atomic E-state index is 15.3. The van der Waals surface area contributed by atoms with E-state index < -0.39 is 68.9 Å². The van der Waals surface area contributed by atoms with Crippen LogP contribution < -0.4 is 16.1 Å². The van der Waals surface area contributed by atoms with Crippen molar-refractivity contribution in [2.75, 3.05) is 30.3 Å². The fourth-order valence-corrected chi connectivity index (χ4v) is 4.45. The monoisotopic (exact) mass is 512 g/mol. The molecule has 4 rings (SSSR count). The van der Waals surface area contributed by atoms with Crippen LogP contribution in [0.2, 0.25) is 5.02 Å². The second-order valence-electron chi connectivity index (χ2n) is 7.82. The number of carboxylic acid groups (broad SMARTS) is 1. The Hall–Kier alpha value is -3.64. The van der Waals surface area contributed by atoms with Gasteiger partial charge in [0.25, 0.3) is 0 Å². The second kappa shape index (κ2) is 9.19. The van der Waals surface area contributed by atoms with Crippen LogP contribution in [0.5, 0.6) is 0 Å². The molecule has 184 valence electrons. The van der Waals surface area contributed by atoms with Crippen LogP contribution in [0.3, 0.4) is 0 Å². The summed E-state index contributed by atoms with van der Waals surface area (Å²) in [6.45, 7) is -0.717. The van der Waals surface area contributed by atoms with Gasteiger partial charge in [-0.15, -0.1) is 0 Å². The molecular weight excluding hydrogens is 496 g/mol. The van der Waals surface area contributed by atoms with Crippen molar-refractivity contribution in [1.29, 1.82) is 0 Å². The zero-order valence-electron chi connectivity index (χ0n) is 17.8. The molecule has 0 bridgehead atoms. The van der Waals surface area contributed by atoms with Crippen LogP contribution in [-0.4, -0.2) is 45.4 Å². The van der Waals surface area contributed by atoms with Gasteiger partial charge in [0.05, 0.1) is 28.2 Å². The molecule has 4 N–H and O–H groups in total. The highest BCUT2D eigenvalue weighted by atomic mass is 35.5. The summed E-state index contributed by atoms with van der Waals surface area (Å²) in [5.41, 5.74) is 3.17. The third-order valence-electron chi connectivity index (χ3n) is 5.68. The molecule has 1 aliphatic rings. The minimum Gasteiger partial charge on any atom is -0.477 e. The number of rotatable bonds is 4. The largest absolute Gasteiger partial charge is 0.477 e. The summed E-state index contributed by atoms with van der Waals surface area (Å²) < 4.78 is 58.5. The number of nitrogens with two attached hydrogens (primary N) is 1. The molecule has 0 atom stereocenters. The van der Waals surface area contributed by atoms with Crippen molar-refractivity contribution < 1.29 is 32.6 Å². The van der Waals surface area contributed by atoms with Gasteiger partial charge in [-0.25, -0.2) is 27.3 Å². The molecule has 2 aromatic heterocycles. The average Bonchev–Trinajstić information content (AvgIpc) is 2.81. The van der Waals surface area contributed by atoms with E-state index in [2.05, 4.69) is 4.98 Å². The summed E-state index contributed by atoms with van der Waals surface area (Å²) in [6, 6.07) is 1.16. The highest BCUT2D eigenvalue weighted by Crippen LogP contribution is 2.39. The van der Waals surface area contributed by atoms with Crippen LogP contribution in [0.1, 0.15) is 23.2 Å². The number of aliphatic hydroxyl groups is 1. The van der Waals surface area contributed by atoms with E-state index in [0.29, 0.717) is 18.9 Å². The number of fused-ring (bicyclic) bond motifs is 1. The minimum atomic E-state index is -1.69. The Morgan fingerprint density at radius 2 is 1.91 bits per heavy atom. The van der Waals surface area contributed by atoms with E-state index in [1.54, 1.807) is 0 Å². The number of hydrogen-bond acceptors (Lipinski definition) is 6. The van der Waals surface area contributed by atoms with E-state index >= 15 is 4.39 Å². The lowest BCUT2D eigenvalue weighted by molar-refractivity contribution is 0.0695. The third kappa shape index (κ3) is 4.19. The normalized spacial score (nSPS) is 15.5. The van der Waals surface area contributed by atoms with E-state index in [4.69, 9.17) is 22.4 Å². The quantitative estimate of drug-likeness (QED) is 0.457. The number of pyridine rings is 2. The van der Waals surface area contributed by atoms with E-state index in [0.717, 1.165) is 16.8 Å². The summed E-state index contributed by atoms with van der Waals surface area (Å²) in [7, 11) is 0. The smallest absolute Gasteiger partial charge is 0.341 e. The first-order chi connectivity index (χ1) is 16.5. The van der Waals surface area contributed by atoms with Crippen molar-refractivity contribution in [2.45, 2.75) is 12.8 Å². The number of aromatic nitrogens is 2. The molecule has 0 aliphatic carbocycles. The van der Waals surface area contributed by atoms with Crippen molar-refractivity contribution in [2.24, 2.45) is 0 Å². The van der Waals surface area contributed by atoms with Crippen LogP contribution in [0.15, 0.2) is 34.5 Å². The average molecular weight is 513 g/mol. The van der Waals surface area contributed by atoms with Gasteiger partial charge >= 0.3 is 5.97 Å². The van der Waals surface area contributed by atoms with Crippen LogP contribution in [-0.2, 0) is 0 Å². The maximum Gasteiger partial charge on any atom is 0.341 e. The Bertz CT molecular complexity index is 1470. The summed E-state index contributed by atoms with van der Waals surface area (Å²) in [5, 5.41) is 17.6. The fourth-order valence-electron chi connectivity index (χ4n) is 4.05. The molecule has 0 amide bonds. The first kappa shape index (κ1) is 24.5. The number of benzene rings is 1. The zero-order chi connectivity index (χ0) is 25.6. The standard InChI is InChI=1S/C22H17ClF4N4O4/c23-16-17-10(4-12(24)18(16)30-3-1-2-9(6-30)15(27)8-32)19(33)11(22(34)35)7-31(17)21-14(26)5-13(25)20(28)29-21/h4-5,7,32H,1-3,6,8H2,(H2,28,29)(H,34,35)/b15-9+. The molecule has 1 aliphatic heterocycles. The highest BCUT2D eigenvalue weighted by Gasteiger charge is 2.28. The van der Waals surface area contributed by atoms with Crippen molar-refractivity contribution in [3.63, 3.8) is 0 Å². The number of hydrogen-bond donors (Lipinski definition) is 3. The molecule has 0 saturated carbocycles. The van der Waals surface area contributed by atoms with Crippen LogP contribution in [0, 0.1) is 17.5 Å². The number of aliphatic hydroxyl groups excluding tert-OH is 1. The Morgan fingerprint density at radius 3 is 2.57 bits per heavy atom. The Balaban J connectivity index is 2.07. The Labute approximate surface area is 199 Å².